The van der Waals surface area contributed by atoms with Gasteiger partial charge in [0.05, 0.1) is 6.61 Å². The molecule has 0 saturated carbocycles. The van der Waals surface area contributed by atoms with E-state index in [1.54, 1.807) is 6.92 Å². The Kier molecular flexibility index (Phi) is 2.20. The first kappa shape index (κ1) is 8.93. The van der Waals surface area contributed by atoms with Crippen molar-refractivity contribution in [3.63, 3.8) is 0 Å². The minimum absolute atomic E-state index is 0.377. The maximum Gasteiger partial charge on any atom is 0.229 e. The third kappa shape index (κ3) is 1.39. The predicted octanol–water partition coefficient (Wildman–Crippen LogP) is -0.738. The third-order valence-electron chi connectivity index (χ3n) is 1.63. The van der Waals surface area contributed by atoms with Gasteiger partial charge in [-0.2, -0.15) is 0 Å². The molecule has 1 fully saturated rings. The van der Waals surface area contributed by atoms with Crippen LogP contribution in [0.4, 0.5) is 0 Å². The summed E-state index contributed by atoms with van der Waals surface area (Å²) in [5.74, 6) is -0.672. The molecule has 1 heterocycles. The summed E-state index contributed by atoms with van der Waals surface area (Å²) in [5, 5.41) is 15.9. The van der Waals surface area contributed by atoms with Crippen LogP contribution in [0.1, 0.15) is 6.92 Å². The average Bonchev–Trinajstić information content (AvgIpc) is 2.58. The van der Waals surface area contributed by atoms with Gasteiger partial charge in [-0.25, -0.2) is 0 Å². The van der Waals surface area contributed by atoms with Crippen molar-refractivity contribution in [2.24, 2.45) is 0 Å². The monoisotopic (exact) mass is 180 g/mol. The zero-order valence-electron chi connectivity index (χ0n) is 5.95. The molecule has 0 bridgehead atoms. The lowest BCUT2D eigenvalue weighted by Crippen LogP contribution is -2.34. The van der Waals surface area contributed by atoms with Gasteiger partial charge >= 0.3 is 0 Å². The van der Waals surface area contributed by atoms with E-state index in [-0.39, 0.29) is 6.10 Å². The number of aliphatic hydroxyl groups is 2. The molecule has 0 aliphatic carbocycles. The van der Waals surface area contributed by atoms with Gasteiger partial charge in [0.15, 0.2) is 0 Å². The molecule has 1 aliphatic rings. The predicted molar refractivity (Wildman–Crippen MR) is 37.2 cm³/mol. The molecule has 1 rings (SSSR count). The second-order valence-electron chi connectivity index (χ2n) is 2.47. The van der Waals surface area contributed by atoms with Gasteiger partial charge in [-0.15, -0.1) is 0 Å². The number of alkyl halides is 1. The number of ketones is 1. The van der Waals surface area contributed by atoms with Gasteiger partial charge in [0.2, 0.25) is 10.8 Å². The molecule has 3 atom stereocenters. The van der Waals surface area contributed by atoms with Gasteiger partial charge in [0.1, 0.15) is 12.2 Å². The van der Waals surface area contributed by atoms with Crippen molar-refractivity contribution in [1.29, 1.82) is 0 Å². The molecule has 5 heteroatoms. The number of hydrogen-bond acceptors (Lipinski definition) is 4. The van der Waals surface area contributed by atoms with Crippen LogP contribution in [0.25, 0.3) is 0 Å². The van der Waals surface area contributed by atoms with Crippen molar-refractivity contribution in [2.75, 3.05) is 6.61 Å². The van der Waals surface area contributed by atoms with Crippen molar-refractivity contribution in [3.05, 3.63) is 0 Å². The number of carbonyl (C=O) groups excluding carboxylic acids is 1. The molecule has 2 N–H and O–H groups in total. The number of halogens is 1. The van der Waals surface area contributed by atoms with E-state index in [2.05, 4.69) is 0 Å². The quantitative estimate of drug-likeness (QED) is 0.444. The van der Waals surface area contributed by atoms with E-state index in [0.717, 1.165) is 0 Å². The Morgan fingerprint density at radius 3 is 2.64 bits per heavy atom. The van der Waals surface area contributed by atoms with Gasteiger partial charge in [-0.3, -0.25) is 4.79 Å². The molecule has 4 nitrogen and oxygen atoms in total. The van der Waals surface area contributed by atoms with Crippen LogP contribution in [-0.2, 0) is 9.53 Å². The van der Waals surface area contributed by atoms with Crippen LogP contribution in [0.3, 0.4) is 0 Å². The minimum Gasteiger partial charge on any atom is -0.393 e. The molecule has 0 aromatic heterocycles. The lowest BCUT2D eigenvalue weighted by Gasteiger charge is -2.06. The van der Waals surface area contributed by atoms with E-state index in [1.807, 2.05) is 0 Å². The Hall–Kier alpha value is -0.160. The van der Waals surface area contributed by atoms with Gasteiger partial charge in [-0.1, -0.05) is 11.6 Å². The van der Waals surface area contributed by atoms with E-state index < -0.39 is 23.6 Å². The van der Waals surface area contributed by atoms with Gasteiger partial charge in [-0.05, 0) is 6.92 Å². The first-order valence-electron chi connectivity index (χ1n) is 3.22. The van der Waals surface area contributed by atoms with Crippen LogP contribution in [-0.4, -0.2) is 39.9 Å². The van der Waals surface area contributed by atoms with Crippen molar-refractivity contribution in [2.45, 2.75) is 24.2 Å². The zero-order valence-corrected chi connectivity index (χ0v) is 6.71. The molecular weight excluding hydrogens is 172 g/mol. The van der Waals surface area contributed by atoms with E-state index >= 15 is 0 Å². The fourth-order valence-electron chi connectivity index (χ4n) is 0.792. The highest BCUT2D eigenvalue weighted by Gasteiger charge is 2.59. The maximum atomic E-state index is 11.0. The second kappa shape index (κ2) is 2.71. The largest absolute Gasteiger partial charge is 0.393 e. The third-order valence-corrected chi connectivity index (χ3v) is 2.21. The number of carbonyl (C=O) groups is 1. The van der Waals surface area contributed by atoms with E-state index in [9.17, 15) is 4.79 Å². The standard InChI is InChI=1S/C6H9ClO4/c1-3-6(7,11-3)5(10)4(9)2-8/h3-4,8-9H,2H2,1H3. The molecular formula is C6H9ClO4. The summed E-state index contributed by atoms with van der Waals surface area (Å²) in [5.41, 5.74) is 0. The molecule has 1 saturated heterocycles. The lowest BCUT2D eigenvalue weighted by atomic mass is 10.1. The summed E-state index contributed by atoms with van der Waals surface area (Å²) in [4.78, 5) is 11.0. The van der Waals surface area contributed by atoms with E-state index in [1.165, 1.54) is 0 Å². The van der Waals surface area contributed by atoms with E-state index in [4.69, 9.17) is 26.6 Å². The first-order chi connectivity index (χ1) is 5.02. The van der Waals surface area contributed by atoms with Gasteiger partial charge in [0.25, 0.3) is 0 Å². The van der Waals surface area contributed by atoms with Crippen molar-refractivity contribution < 1.29 is 19.7 Å². The van der Waals surface area contributed by atoms with Crippen molar-refractivity contribution in [3.8, 4) is 0 Å². The number of hydrogen-bond donors (Lipinski definition) is 2. The molecule has 1 aliphatic heterocycles. The molecule has 3 unspecified atom stereocenters. The molecule has 0 aromatic rings. The fraction of sp³-hybridized carbons (Fsp3) is 0.833. The summed E-state index contributed by atoms with van der Waals surface area (Å²) in [7, 11) is 0. The van der Waals surface area contributed by atoms with Crippen LogP contribution < -0.4 is 0 Å². The van der Waals surface area contributed by atoms with Crippen molar-refractivity contribution >= 4 is 17.4 Å². The van der Waals surface area contributed by atoms with Crippen LogP contribution in [0, 0.1) is 0 Å². The number of epoxide rings is 1. The number of aliphatic hydroxyl groups excluding tert-OH is 2. The highest BCUT2D eigenvalue weighted by atomic mass is 35.5. The molecule has 0 aromatic carbocycles. The first-order valence-corrected chi connectivity index (χ1v) is 3.60. The Morgan fingerprint density at radius 1 is 1.91 bits per heavy atom. The highest BCUT2D eigenvalue weighted by molar-refractivity contribution is 6.37. The van der Waals surface area contributed by atoms with E-state index in [0.29, 0.717) is 0 Å². The summed E-state index contributed by atoms with van der Waals surface area (Å²) >= 11 is 5.58. The number of Topliss-reactive ketones (excluding diaryl/α,β-unsaturated/α-hetero) is 1. The molecule has 0 radical (unpaired) electrons. The Labute approximate surface area is 68.7 Å². The summed E-state index contributed by atoms with van der Waals surface area (Å²) in [6, 6.07) is 0. The minimum atomic E-state index is -1.43. The molecule has 0 amide bonds. The van der Waals surface area contributed by atoms with Gasteiger partial charge in [0, 0.05) is 0 Å². The highest BCUT2D eigenvalue weighted by Crippen LogP contribution is 2.41. The van der Waals surface area contributed by atoms with Crippen LogP contribution in [0.2, 0.25) is 0 Å². The average molecular weight is 181 g/mol. The topological polar surface area (TPSA) is 70.1 Å². The lowest BCUT2D eigenvalue weighted by molar-refractivity contribution is -0.131. The summed E-state index contributed by atoms with van der Waals surface area (Å²) in [6.45, 7) is 0.998. The van der Waals surface area contributed by atoms with Crippen LogP contribution in [0.5, 0.6) is 0 Å². The van der Waals surface area contributed by atoms with Crippen LogP contribution in [0.15, 0.2) is 0 Å². The Balaban J connectivity index is 2.56. The second-order valence-corrected chi connectivity index (χ2v) is 3.03. The maximum absolute atomic E-state index is 11.0. The zero-order chi connectivity index (χ0) is 8.65. The SMILES string of the molecule is CC1OC1(Cl)C(=O)C(O)CO. The summed E-state index contributed by atoms with van der Waals surface area (Å²) in [6.07, 6.45) is -1.81. The van der Waals surface area contributed by atoms with Crippen LogP contribution >= 0.6 is 11.6 Å². The smallest absolute Gasteiger partial charge is 0.229 e. The molecule has 64 valence electrons. The molecule has 11 heavy (non-hydrogen) atoms. The normalized spacial score (nSPS) is 38.4. The number of ether oxygens (including phenoxy) is 1. The summed E-state index contributed by atoms with van der Waals surface area (Å²) < 4.78 is 4.73. The Morgan fingerprint density at radius 2 is 2.36 bits per heavy atom. The fourth-order valence-corrected chi connectivity index (χ4v) is 1.05. The molecule has 0 spiro atoms. The van der Waals surface area contributed by atoms with Gasteiger partial charge < -0.3 is 14.9 Å². The number of rotatable bonds is 3. The Bertz CT molecular complexity index is 183. The van der Waals surface area contributed by atoms with Crippen molar-refractivity contribution in [1.82, 2.24) is 0 Å².